The lowest BCUT2D eigenvalue weighted by molar-refractivity contribution is -0.137. The van der Waals surface area contributed by atoms with E-state index in [9.17, 15) is 22.8 Å². The highest BCUT2D eigenvalue weighted by Gasteiger charge is 2.30. The number of anilines is 2. The summed E-state index contributed by atoms with van der Waals surface area (Å²) >= 11 is 2.50. The maximum absolute atomic E-state index is 12.9. The van der Waals surface area contributed by atoms with Gasteiger partial charge < -0.3 is 5.32 Å². The van der Waals surface area contributed by atoms with Crippen LogP contribution in [0.1, 0.15) is 15.9 Å². The Bertz CT molecular complexity index is 1110. The number of alkyl halides is 3. The number of amides is 2. The van der Waals surface area contributed by atoms with E-state index in [1.54, 1.807) is 23.6 Å². The molecule has 148 valence electrons. The molecule has 4 rings (SSSR count). The zero-order valence-electron chi connectivity index (χ0n) is 14.5. The Morgan fingerprint density at radius 2 is 2.00 bits per heavy atom. The standard InChI is InChI=1S/C19H12F3N3O2S2/c20-19(21,22)12-3-1-2-10(6-12)14-8-29-18(24-14)25-17(27)11-4-5-15-13(7-11)23-16(26)9-28-15/h1-8H,9H2,(H,23,26)(H,24,25,27). The second kappa shape index (κ2) is 7.53. The lowest BCUT2D eigenvalue weighted by atomic mass is 10.1. The largest absolute Gasteiger partial charge is 0.416 e. The minimum atomic E-state index is -4.44. The van der Waals surface area contributed by atoms with Crippen LogP contribution in [0.25, 0.3) is 11.3 Å². The van der Waals surface area contributed by atoms with Crippen molar-refractivity contribution in [2.45, 2.75) is 11.1 Å². The average molecular weight is 435 g/mol. The lowest BCUT2D eigenvalue weighted by Gasteiger charge is -2.16. The third-order valence-corrected chi connectivity index (χ3v) is 5.92. The van der Waals surface area contributed by atoms with Crippen LogP contribution in [-0.4, -0.2) is 22.6 Å². The number of nitrogens with zero attached hydrogens (tertiary/aromatic N) is 1. The van der Waals surface area contributed by atoms with Crippen molar-refractivity contribution in [3.05, 3.63) is 59.0 Å². The minimum absolute atomic E-state index is 0.134. The Morgan fingerprint density at radius 1 is 1.17 bits per heavy atom. The number of thioether (sulfide) groups is 1. The zero-order chi connectivity index (χ0) is 20.6. The van der Waals surface area contributed by atoms with Crippen molar-refractivity contribution in [3.63, 3.8) is 0 Å². The maximum Gasteiger partial charge on any atom is 0.416 e. The Balaban J connectivity index is 1.52. The van der Waals surface area contributed by atoms with Crippen LogP contribution in [0.2, 0.25) is 0 Å². The van der Waals surface area contributed by atoms with Crippen LogP contribution < -0.4 is 10.6 Å². The monoisotopic (exact) mass is 435 g/mol. The third-order valence-electron chi connectivity index (χ3n) is 4.08. The molecule has 1 aliphatic heterocycles. The number of nitrogens with one attached hydrogen (secondary N) is 2. The summed E-state index contributed by atoms with van der Waals surface area (Å²) < 4.78 is 38.7. The molecule has 10 heteroatoms. The molecule has 5 nitrogen and oxygen atoms in total. The molecule has 0 unspecified atom stereocenters. The minimum Gasteiger partial charge on any atom is -0.324 e. The fraction of sp³-hybridized carbons (Fsp3) is 0.105. The number of halogens is 3. The molecule has 0 bridgehead atoms. The van der Waals surface area contributed by atoms with Gasteiger partial charge in [0, 0.05) is 21.4 Å². The predicted molar refractivity (Wildman–Crippen MR) is 106 cm³/mol. The van der Waals surface area contributed by atoms with Gasteiger partial charge in [0.15, 0.2) is 5.13 Å². The van der Waals surface area contributed by atoms with Crippen molar-refractivity contribution in [1.82, 2.24) is 4.98 Å². The molecule has 2 aromatic carbocycles. The van der Waals surface area contributed by atoms with E-state index in [0.29, 0.717) is 28.3 Å². The molecule has 0 aliphatic carbocycles. The average Bonchev–Trinajstić information content (AvgIpc) is 3.15. The Hall–Kier alpha value is -2.85. The summed E-state index contributed by atoms with van der Waals surface area (Å²) in [6.07, 6.45) is -4.44. The number of thiazole rings is 1. The molecule has 29 heavy (non-hydrogen) atoms. The molecule has 1 aromatic heterocycles. The number of aromatic nitrogens is 1. The van der Waals surface area contributed by atoms with Gasteiger partial charge in [0.1, 0.15) is 0 Å². The summed E-state index contributed by atoms with van der Waals surface area (Å²) in [5.74, 6) is -0.232. The van der Waals surface area contributed by atoms with E-state index >= 15 is 0 Å². The highest BCUT2D eigenvalue weighted by molar-refractivity contribution is 8.00. The van der Waals surface area contributed by atoms with Gasteiger partial charge in [0.05, 0.1) is 22.7 Å². The molecular formula is C19H12F3N3O2S2. The molecule has 2 N–H and O–H groups in total. The second-order valence-electron chi connectivity index (χ2n) is 6.12. The molecule has 2 amide bonds. The first kappa shape index (κ1) is 19.5. The number of hydrogen-bond donors (Lipinski definition) is 2. The van der Waals surface area contributed by atoms with Gasteiger partial charge in [-0.2, -0.15) is 13.2 Å². The number of hydrogen-bond acceptors (Lipinski definition) is 5. The maximum atomic E-state index is 12.9. The summed E-state index contributed by atoms with van der Waals surface area (Å²) in [5, 5.41) is 7.20. The molecule has 1 aliphatic rings. The molecule has 0 saturated carbocycles. The van der Waals surface area contributed by atoms with Gasteiger partial charge in [-0.15, -0.1) is 23.1 Å². The number of rotatable bonds is 3. The van der Waals surface area contributed by atoms with Gasteiger partial charge >= 0.3 is 6.18 Å². The second-order valence-corrected chi connectivity index (χ2v) is 7.99. The number of carbonyl (C=O) groups is 2. The van der Waals surface area contributed by atoms with Crippen LogP contribution in [0.3, 0.4) is 0 Å². The highest BCUT2D eigenvalue weighted by atomic mass is 32.2. The first-order valence-corrected chi connectivity index (χ1v) is 10.2. The first-order valence-electron chi connectivity index (χ1n) is 8.31. The first-order chi connectivity index (χ1) is 13.8. The smallest absolute Gasteiger partial charge is 0.324 e. The molecule has 0 atom stereocenters. The fourth-order valence-electron chi connectivity index (χ4n) is 2.71. The van der Waals surface area contributed by atoms with Crippen LogP contribution in [0.5, 0.6) is 0 Å². The van der Waals surface area contributed by atoms with Gasteiger partial charge in [0.2, 0.25) is 5.91 Å². The molecule has 0 radical (unpaired) electrons. The van der Waals surface area contributed by atoms with E-state index in [1.165, 1.54) is 23.9 Å². The summed E-state index contributed by atoms with van der Waals surface area (Å²) in [4.78, 5) is 29.1. The summed E-state index contributed by atoms with van der Waals surface area (Å²) in [6, 6.07) is 9.82. The van der Waals surface area contributed by atoms with Crippen LogP contribution >= 0.6 is 23.1 Å². The van der Waals surface area contributed by atoms with E-state index < -0.39 is 17.6 Å². The Morgan fingerprint density at radius 3 is 2.79 bits per heavy atom. The Labute approximate surface area is 171 Å². The van der Waals surface area contributed by atoms with Gasteiger partial charge in [-0.05, 0) is 30.3 Å². The van der Waals surface area contributed by atoms with Gasteiger partial charge in [0.25, 0.3) is 5.91 Å². The van der Waals surface area contributed by atoms with E-state index in [0.717, 1.165) is 28.4 Å². The number of carbonyl (C=O) groups excluding carboxylic acids is 2. The topological polar surface area (TPSA) is 71.1 Å². The van der Waals surface area contributed by atoms with E-state index in [2.05, 4.69) is 15.6 Å². The summed E-state index contributed by atoms with van der Waals surface area (Å²) in [7, 11) is 0. The number of fused-ring (bicyclic) bond motifs is 1. The lowest BCUT2D eigenvalue weighted by Crippen LogP contribution is -2.19. The van der Waals surface area contributed by atoms with Crippen LogP contribution in [0.4, 0.5) is 24.0 Å². The number of benzene rings is 2. The summed E-state index contributed by atoms with van der Waals surface area (Å²) in [6.45, 7) is 0. The molecular weight excluding hydrogens is 423 g/mol. The van der Waals surface area contributed by atoms with Gasteiger partial charge in [-0.3, -0.25) is 14.9 Å². The zero-order valence-corrected chi connectivity index (χ0v) is 16.2. The van der Waals surface area contributed by atoms with Crippen molar-refractivity contribution in [2.75, 3.05) is 16.4 Å². The molecule has 0 spiro atoms. The van der Waals surface area contributed by atoms with Crippen LogP contribution in [-0.2, 0) is 11.0 Å². The quantitative estimate of drug-likeness (QED) is 0.599. The van der Waals surface area contributed by atoms with Gasteiger partial charge in [-0.25, -0.2) is 4.98 Å². The van der Waals surface area contributed by atoms with Crippen molar-refractivity contribution in [3.8, 4) is 11.3 Å². The molecule has 0 fully saturated rings. The van der Waals surface area contributed by atoms with Crippen molar-refractivity contribution >= 4 is 45.7 Å². The van der Waals surface area contributed by atoms with Crippen LogP contribution in [0.15, 0.2) is 52.7 Å². The molecule has 3 aromatic rings. The van der Waals surface area contributed by atoms with Crippen molar-refractivity contribution in [2.24, 2.45) is 0 Å². The Kier molecular flexibility index (Phi) is 5.05. The SMILES string of the molecule is O=C1CSc2ccc(C(=O)Nc3nc(-c4cccc(C(F)(F)F)c4)cs3)cc2N1. The molecule has 2 heterocycles. The van der Waals surface area contributed by atoms with E-state index in [1.807, 2.05) is 0 Å². The summed E-state index contributed by atoms with van der Waals surface area (Å²) in [5.41, 5.74) is 0.795. The van der Waals surface area contributed by atoms with Crippen molar-refractivity contribution < 1.29 is 22.8 Å². The van der Waals surface area contributed by atoms with E-state index in [4.69, 9.17) is 0 Å². The van der Waals surface area contributed by atoms with Gasteiger partial charge in [-0.1, -0.05) is 12.1 Å². The van der Waals surface area contributed by atoms with E-state index in [-0.39, 0.29) is 11.0 Å². The van der Waals surface area contributed by atoms with Crippen LogP contribution in [0, 0.1) is 0 Å². The highest BCUT2D eigenvalue weighted by Crippen LogP contribution is 2.34. The molecule has 0 saturated heterocycles. The normalized spacial score (nSPS) is 13.6. The fourth-order valence-corrected chi connectivity index (χ4v) is 4.22. The predicted octanol–water partition coefficient (Wildman–Crippen LogP) is 5.13. The van der Waals surface area contributed by atoms with Crippen molar-refractivity contribution in [1.29, 1.82) is 0 Å². The third kappa shape index (κ3) is 4.28.